The van der Waals surface area contributed by atoms with Crippen LogP contribution >= 0.6 is 0 Å². The maximum absolute atomic E-state index is 12.5. The highest BCUT2D eigenvalue weighted by Gasteiger charge is 2.30. The average molecular weight is 298 g/mol. The smallest absolute Gasteiger partial charge is 0.257 e. The summed E-state index contributed by atoms with van der Waals surface area (Å²) in [5, 5.41) is 6.59. The van der Waals surface area contributed by atoms with E-state index in [1.165, 1.54) is 5.56 Å². The Balaban J connectivity index is 1.62. The normalized spacial score (nSPS) is 18.5. The first-order valence-electron chi connectivity index (χ1n) is 7.84. The van der Waals surface area contributed by atoms with E-state index in [2.05, 4.69) is 39.4 Å². The fraction of sp³-hybridized carbons (Fsp3) is 0.412. The number of aromatic nitrogens is 2. The predicted molar refractivity (Wildman–Crippen MR) is 85.4 cm³/mol. The van der Waals surface area contributed by atoms with Crippen LogP contribution in [0.5, 0.6) is 0 Å². The van der Waals surface area contributed by atoms with Crippen LogP contribution in [0.4, 0.5) is 0 Å². The van der Waals surface area contributed by atoms with Gasteiger partial charge in [0, 0.05) is 38.4 Å². The molecule has 0 spiro atoms. The lowest BCUT2D eigenvalue weighted by atomic mass is 10.2. The topological polar surface area (TPSA) is 52.2 Å². The Morgan fingerprint density at radius 1 is 1.41 bits per heavy atom. The number of likely N-dealkylation sites (N-methyl/N-ethyl adjacent to an activating group) is 1. The van der Waals surface area contributed by atoms with E-state index in [1.807, 2.05) is 17.9 Å². The minimum absolute atomic E-state index is 0.0720. The first-order valence-corrected chi connectivity index (χ1v) is 7.84. The molecular weight excluding hydrogens is 276 g/mol. The third-order valence-electron chi connectivity index (χ3n) is 4.28. The second kappa shape index (κ2) is 6.75. The van der Waals surface area contributed by atoms with Crippen molar-refractivity contribution in [3.63, 3.8) is 0 Å². The molecule has 1 aromatic carbocycles. The summed E-state index contributed by atoms with van der Waals surface area (Å²) in [6, 6.07) is 10.8. The standard InChI is InChI=1S/C17H22N4O/c1-2-21(17(22)15-10-18-19-11-15)16-8-9-20(13-16)12-14-6-4-3-5-7-14/h3-7,10-11,16H,2,8-9,12-13H2,1H3,(H,18,19). The Hall–Kier alpha value is -2.14. The SMILES string of the molecule is CCN(C(=O)c1cn[nH]c1)C1CCN(Cc2ccccc2)C1. The minimum atomic E-state index is 0.0720. The Morgan fingerprint density at radius 3 is 2.91 bits per heavy atom. The first-order chi connectivity index (χ1) is 10.8. The Morgan fingerprint density at radius 2 is 2.23 bits per heavy atom. The van der Waals surface area contributed by atoms with Crippen LogP contribution in [0.2, 0.25) is 0 Å². The van der Waals surface area contributed by atoms with Crippen molar-refractivity contribution in [3.05, 3.63) is 53.9 Å². The van der Waals surface area contributed by atoms with Gasteiger partial charge in [-0.15, -0.1) is 0 Å². The van der Waals surface area contributed by atoms with Crippen LogP contribution in [0, 0.1) is 0 Å². The summed E-state index contributed by atoms with van der Waals surface area (Å²) >= 11 is 0. The van der Waals surface area contributed by atoms with Crippen molar-refractivity contribution in [3.8, 4) is 0 Å². The number of aromatic amines is 1. The number of carbonyl (C=O) groups is 1. The number of H-pyrrole nitrogens is 1. The van der Waals surface area contributed by atoms with Gasteiger partial charge in [-0.3, -0.25) is 14.8 Å². The summed E-state index contributed by atoms with van der Waals surface area (Å²) in [5.41, 5.74) is 1.97. The second-order valence-corrected chi connectivity index (χ2v) is 5.74. The van der Waals surface area contributed by atoms with Gasteiger partial charge in [0.25, 0.3) is 5.91 Å². The second-order valence-electron chi connectivity index (χ2n) is 5.74. The van der Waals surface area contributed by atoms with E-state index in [1.54, 1.807) is 12.4 Å². The van der Waals surface area contributed by atoms with Gasteiger partial charge in [-0.2, -0.15) is 5.10 Å². The van der Waals surface area contributed by atoms with Crippen LogP contribution in [-0.4, -0.2) is 51.6 Å². The van der Waals surface area contributed by atoms with Crippen molar-refractivity contribution in [2.75, 3.05) is 19.6 Å². The molecular formula is C17H22N4O. The van der Waals surface area contributed by atoms with E-state index in [9.17, 15) is 4.79 Å². The van der Waals surface area contributed by atoms with Gasteiger partial charge in [-0.05, 0) is 18.9 Å². The molecule has 1 amide bonds. The highest BCUT2D eigenvalue weighted by atomic mass is 16.2. The molecule has 22 heavy (non-hydrogen) atoms. The molecule has 0 aliphatic carbocycles. The molecule has 116 valence electrons. The molecule has 0 bridgehead atoms. The Bertz CT molecular complexity index is 596. The van der Waals surface area contributed by atoms with Crippen molar-refractivity contribution < 1.29 is 4.79 Å². The van der Waals surface area contributed by atoms with Crippen LogP contribution in [0.25, 0.3) is 0 Å². The lowest BCUT2D eigenvalue weighted by molar-refractivity contribution is 0.0693. The molecule has 1 unspecified atom stereocenters. The van der Waals surface area contributed by atoms with Crippen molar-refractivity contribution in [2.24, 2.45) is 0 Å². The quantitative estimate of drug-likeness (QED) is 0.920. The van der Waals surface area contributed by atoms with Crippen LogP contribution < -0.4 is 0 Å². The van der Waals surface area contributed by atoms with E-state index in [0.717, 1.165) is 32.6 Å². The zero-order valence-electron chi connectivity index (χ0n) is 12.9. The molecule has 2 aromatic rings. The number of benzene rings is 1. The molecule has 5 heteroatoms. The van der Waals surface area contributed by atoms with E-state index in [4.69, 9.17) is 0 Å². The van der Waals surface area contributed by atoms with Crippen molar-refractivity contribution in [2.45, 2.75) is 25.9 Å². The van der Waals surface area contributed by atoms with Crippen molar-refractivity contribution in [1.29, 1.82) is 0 Å². The lowest BCUT2D eigenvalue weighted by Gasteiger charge is -2.27. The van der Waals surface area contributed by atoms with Gasteiger partial charge in [-0.25, -0.2) is 0 Å². The number of nitrogens with one attached hydrogen (secondary N) is 1. The van der Waals surface area contributed by atoms with Crippen LogP contribution in [-0.2, 0) is 6.54 Å². The predicted octanol–water partition coefficient (Wildman–Crippen LogP) is 2.15. The molecule has 3 rings (SSSR count). The molecule has 0 saturated carbocycles. The van der Waals surface area contributed by atoms with Gasteiger partial charge in [0.1, 0.15) is 0 Å². The molecule has 1 fully saturated rings. The monoisotopic (exact) mass is 298 g/mol. The zero-order valence-corrected chi connectivity index (χ0v) is 12.9. The summed E-state index contributed by atoms with van der Waals surface area (Å²) in [6.45, 7) is 5.70. The number of nitrogens with zero attached hydrogens (tertiary/aromatic N) is 3. The summed E-state index contributed by atoms with van der Waals surface area (Å²) in [7, 11) is 0. The Labute approximate surface area is 130 Å². The number of carbonyl (C=O) groups excluding carboxylic acids is 1. The number of hydrogen-bond acceptors (Lipinski definition) is 3. The largest absolute Gasteiger partial charge is 0.335 e. The summed E-state index contributed by atoms with van der Waals surface area (Å²) in [4.78, 5) is 16.9. The van der Waals surface area contributed by atoms with Crippen LogP contribution in [0.3, 0.4) is 0 Å². The molecule has 5 nitrogen and oxygen atoms in total. The molecule has 1 saturated heterocycles. The average Bonchev–Trinajstić information content (AvgIpc) is 3.21. The summed E-state index contributed by atoms with van der Waals surface area (Å²) < 4.78 is 0. The van der Waals surface area contributed by atoms with E-state index in [-0.39, 0.29) is 11.9 Å². The maximum Gasteiger partial charge on any atom is 0.257 e. The molecule has 0 radical (unpaired) electrons. The number of likely N-dealkylation sites (tertiary alicyclic amines) is 1. The molecule has 1 atom stereocenters. The maximum atomic E-state index is 12.5. The van der Waals surface area contributed by atoms with E-state index < -0.39 is 0 Å². The van der Waals surface area contributed by atoms with Gasteiger partial charge < -0.3 is 4.90 Å². The molecule has 1 aromatic heterocycles. The zero-order chi connectivity index (χ0) is 15.4. The number of rotatable bonds is 5. The highest BCUT2D eigenvalue weighted by molar-refractivity contribution is 5.93. The van der Waals surface area contributed by atoms with Gasteiger partial charge in [0.2, 0.25) is 0 Å². The molecule has 1 aliphatic heterocycles. The minimum Gasteiger partial charge on any atom is -0.335 e. The third kappa shape index (κ3) is 3.20. The summed E-state index contributed by atoms with van der Waals surface area (Å²) in [5.74, 6) is 0.0720. The van der Waals surface area contributed by atoms with Gasteiger partial charge in [0.15, 0.2) is 0 Å². The third-order valence-corrected chi connectivity index (χ3v) is 4.28. The first kappa shape index (κ1) is 14.8. The fourth-order valence-electron chi connectivity index (χ4n) is 3.15. The van der Waals surface area contributed by atoms with E-state index in [0.29, 0.717) is 5.56 Å². The molecule has 2 heterocycles. The van der Waals surface area contributed by atoms with Crippen LogP contribution in [0.15, 0.2) is 42.7 Å². The van der Waals surface area contributed by atoms with Crippen LogP contribution in [0.1, 0.15) is 29.3 Å². The summed E-state index contributed by atoms with van der Waals surface area (Å²) in [6.07, 6.45) is 4.30. The fourth-order valence-corrected chi connectivity index (χ4v) is 3.15. The van der Waals surface area contributed by atoms with Crippen molar-refractivity contribution >= 4 is 5.91 Å². The number of amides is 1. The lowest BCUT2D eigenvalue weighted by Crippen LogP contribution is -2.41. The van der Waals surface area contributed by atoms with Crippen molar-refractivity contribution in [1.82, 2.24) is 20.0 Å². The number of hydrogen-bond donors (Lipinski definition) is 1. The highest BCUT2D eigenvalue weighted by Crippen LogP contribution is 2.19. The van der Waals surface area contributed by atoms with Gasteiger partial charge in [0.05, 0.1) is 11.8 Å². The van der Waals surface area contributed by atoms with Gasteiger partial charge >= 0.3 is 0 Å². The Kier molecular flexibility index (Phi) is 4.53. The van der Waals surface area contributed by atoms with E-state index >= 15 is 0 Å². The molecule has 1 N–H and O–H groups in total. The van der Waals surface area contributed by atoms with Gasteiger partial charge in [-0.1, -0.05) is 30.3 Å². The molecule has 1 aliphatic rings.